The van der Waals surface area contributed by atoms with Crippen LogP contribution in [0.15, 0.2) is 18.2 Å². The molecule has 0 spiro atoms. The van der Waals surface area contributed by atoms with Crippen molar-refractivity contribution in [3.05, 3.63) is 33.8 Å². The van der Waals surface area contributed by atoms with Gasteiger partial charge in [0, 0.05) is 10.0 Å². The number of hydrogen-bond acceptors (Lipinski definition) is 2. The molecule has 2 atom stereocenters. The van der Waals surface area contributed by atoms with Crippen LogP contribution in [-0.4, -0.2) is 11.2 Å². The van der Waals surface area contributed by atoms with Crippen molar-refractivity contribution >= 4 is 23.2 Å². The molecule has 0 radical (unpaired) electrons. The van der Waals surface area contributed by atoms with E-state index in [9.17, 15) is 5.11 Å². The lowest BCUT2D eigenvalue weighted by Gasteiger charge is -2.30. The van der Waals surface area contributed by atoms with Crippen molar-refractivity contribution in [2.75, 3.05) is 0 Å². The van der Waals surface area contributed by atoms with Crippen molar-refractivity contribution in [3.8, 4) is 0 Å². The topological polar surface area (TPSA) is 46.2 Å². The predicted molar refractivity (Wildman–Crippen MR) is 76.0 cm³/mol. The van der Waals surface area contributed by atoms with Gasteiger partial charge in [0.25, 0.3) is 0 Å². The van der Waals surface area contributed by atoms with Crippen LogP contribution < -0.4 is 5.73 Å². The quantitative estimate of drug-likeness (QED) is 0.885. The summed E-state index contributed by atoms with van der Waals surface area (Å²) in [7, 11) is 0. The first kappa shape index (κ1) is 14.1. The Balaban J connectivity index is 2.11. The lowest BCUT2D eigenvalue weighted by Crippen LogP contribution is -2.34. The lowest BCUT2D eigenvalue weighted by atomic mass is 9.81. The first-order valence-corrected chi connectivity index (χ1v) is 7.23. The maximum Gasteiger partial charge on any atom is 0.0760 e. The molecule has 0 unspecified atom stereocenters. The fourth-order valence-corrected chi connectivity index (χ4v) is 3.28. The van der Waals surface area contributed by atoms with Gasteiger partial charge < -0.3 is 10.8 Å². The molecule has 3 N–H and O–H groups in total. The zero-order valence-corrected chi connectivity index (χ0v) is 11.8. The Morgan fingerprint density at radius 3 is 2.17 bits per heavy atom. The van der Waals surface area contributed by atoms with Gasteiger partial charge in [0.1, 0.15) is 0 Å². The Morgan fingerprint density at radius 1 is 1.06 bits per heavy atom. The van der Waals surface area contributed by atoms with Gasteiger partial charge in [-0.1, -0.05) is 42.5 Å². The summed E-state index contributed by atoms with van der Waals surface area (Å²) >= 11 is 11.9. The number of benzene rings is 1. The Kier molecular flexibility index (Phi) is 4.91. The minimum Gasteiger partial charge on any atom is -0.391 e. The largest absolute Gasteiger partial charge is 0.391 e. The Labute approximate surface area is 118 Å². The van der Waals surface area contributed by atoms with E-state index in [4.69, 9.17) is 28.9 Å². The minimum absolute atomic E-state index is 0.298. The summed E-state index contributed by atoms with van der Waals surface area (Å²) in [6.45, 7) is 0. The van der Waals surface area contributed by atoms with Crippen molar-refractivity contribution in [1.82, 2.24) is 0 Å². The molecular weight excluding hydrogens is 269 g/mol. The van der Waals surface area contributed by atoms with Gasteiger partial charge >= 0.3 is 0 Å². The molecule has 1 saturated carbocycles. The van der Waals surface area contributed by atoms with Crippen molar-refractivity contribution in [2.24, 2.45) is 11.7 Å². The summed E-state index contributed by atoms with van der Waals surface area (Å²) in [6.07, 6.45) is 5.24. The van der Waals surface area contributed by atoms with E-state index in [-0.39, 0.29) is 0 Å². The molecule has 4 heteroatoms. The number of nitrogens with two attached hydrogens (primary N) is 1. The molecule has 0 aliphatic heterocycles. The Bertz CT molecular complexity index is 385. The summed E-state index contributed by atoms with van der Waals surface area (Å²) in [5.41, 5.74) is 6.95. The van der Waals surface area contributed by atoms with Crippen LogP contribution in [0.3, 0.4) is 0 Å². The van der Waals surface area contributed by atoms with Gasteiger partial charge in [-0.15, -0.1) is 0 Å². The highest BCUT2D eigenvalue weighted by molar-refractivity contribution is 6.34. The van der Waals surface area contributed by atoms with E-state index in [1.54, 1.807) is 18.2 Å². The van der Waals surface area contributed by atoms with Crippen LogP contribution in [-0.2, 0) is 0 Å². The van der Waals surface area contributed by atoms with E-state index in [0.29, 0.717) is 16.0 Å². The molecule has 1 aromatic carbocycles. The molecular formula is C14H19Cl2NO. The van der Waals surface area contributed by atoms with Gasteiger partial charge in [0.2, 0.25) is 0 Å². The number of hydrogen-bond donors (Lipinski definition) is 2. The Hall–Kier alpha value is -0.280. The van der Waals surface area contributed by atoms with Gasteiger partial charge in [-0.3, -0.25) is 0 Å². The highest BCUT2D eigenvalue weighted by atomic mass is 35.5. The first-order chi connectivity index (χ1) is 8.58. The summed E-state index contributed by atoms with van der Waals surface area (Å²) in [5, 5.41) is 11.5. The molecule has 2 nitrogen and oxygen atoms in total. The van der Waals surface area contributed by atoms with Gasteiger partial charge in [-0.25, -0.2) is 0 Å². The third kappa shape index (κ3) is 3.39. The second-order valence-corrected chi connectivity index (χ2v) is 5.99. The van der Waals surface area contributed by atoms with Crippen molar-refractivity contribution < 1.29 is 5.11 Å². The molecule has 1 fully saturated rings. The smallest absolute Gasteiger partial charge is 0.0760 e. The SMILES string of the molecule is N[C@@H](c1cc(Cl)cc(Cl)c1)[C@H](O)C1CCCCC1. The molecule has 0 heterocycles. The molecule has 0 amide bonds. The van der Waals surface area contributed by atoms with Crippen LogP contribution in [0.25, 0.3) is 0 Å². The van der Waals surface area contributed by atoms with E-state index < -0.39 is 12.1 Å². The fourth-order valence-electron chi connectivity index (χ4n) is 2.73. The predicted octanol–water partition coefficient (Wildman–Crippen LogP) is 3.93. The number of rotatable bonds is 3. The molecule has 18 heavy (non-hydrogen) atoms. The van der Waals surface area contributed by atoms with Gasteiger partial charge in [0.05, 0.1) is 12.1 Å². The van der Waals surface area contributed by atoms with E-state index in [0.717, 1.165) is 18.4 Å². The normalized spacial score (nSPS) is 20.7. The van der Waals surface area contributed by atoms with Crippen LogP contribution in [0, 0.1) is 5.92 Å². The van der Waals surface area contributed by atoms with Crippen molar-refractivity contribution in [1.29, 1.82) is 0 Å². The van der Waals surface area contributed by atoms with Crippen LogP contribution in [0.2, 0.25) is 10.0 Å². The fraction of sp³-hybridized carbons (Fsp3) is 0.571. The molecule has 1 aliphatic carbocycles. The zero-order valence-electron chi connectivity index (χ0n) is 10.3. The molecule has 0 saturated heterocycles. The first-order valence-electron chi connectivity index (χ1n) is 6.47. The molecule has 1 aromatic rings. The average molecular weight is 288 g/mol. The summed E-state index contributed by atoms with van der Waals surface area (Å²) in [4.78, 5) is 0. The summed E-state index contributed by atoms with van der Waals surface area (Å²) in [6, 6.07) is 4.82. The highest BCUT2D eigenvalue weighted by Crippen LogP contribution is 2.32. The maximum atomic E-state index is 10.4. The van der Waals surface area contributed by atoms with Gasteiger partial charge in [0.15, 0.2) is 0 Å². The van der Waals surface area contributed by atoms with Crippen LogP contribution in [0.4, 0.5) is 0 Å². The summed E-state index contributed by atoms with van der Waals surface area (Å²) in [5.74, 6) is 0.298. The standard InChI is InChI=1S/C14H19Cl2NO/c15-11-6-10(7-12(16)8-11)13(17)14(18)9-4-2-1-3-5-9/h6-9,13-14,18H,1-5,17H2/t13-,14+/m0/s1. The van der Waals surface area contributed by atoms with Gasteiger partial charge in [-0.05, 0) is 42.5 Å². The number of aliphatic hydroxyl groups excluding tert-OH is 1. The number of halogens is 2. The van der Waals surface area contributed by atoms with Crippen molar-refractivity contribution in [2.45, 2.75) is 44.2 Å². The average Bonchev–Trinajstić information content (AvgIpc) is 2.37. The van der Waals surface area contributed by atoms with E-state index in [1.165, 1.54) is 19.3 Å². The van der Waals surface area contributed by atoms with Gasteiger partial charge in [-0.2, -0.15) is 0 Å². The van der Waals surface area contributed by atoms with Crippen LogP contribution in [0.1, 0.15) is 43.7 Å². The Morgan fingerprint density at radius 2 is 1.61 bits per heavy atom. The highest BCUT2D eigenvalue weighted by Gasteiger charge is 2.27. The second kappa shape index (κ2) is 6.25. The van der Waals surface area contributed by atoms with Crippen LogP contribution in [0.5, 0.6) is 0 Å². The van der Waals surface area contributed by atoms with Crippen molar-refractivity contribution in [3.63, 3.8) is 0 Å². The maximum absolute atomic E-state index is 10.4. The third-order valence-corrected chi connectivity index (χ3v) is 4.21. The zero-order chi connectivity index (χ0) is 13.1. The van der Waals surface area contributed by atoms with E-state index >= 15 is 0 Å². The van der Waals surface area contributed by atoms with E-state index in [2.05, 4.69) is 0 Å². The molecule has 0 aromatic heterocycles. The van der Waals surface area contributed by atoms with E-state index in [1.807, 2.05) is 0 Å². The molecule has 2 rings (SSSR count). The molecule has 100 valence electrons. The number of aliphatic hydroxyl groups is 1. The lowest BCUT2D eigenvalue weighted by molar-refractivity contribution is 0.0618. The second-order valence-electron chi connectivity index (χ2n) is 5.12. The monoisotopic (exact) mass is 287 g/mol. The third-order valence-electron chi connectivity index (χ3n) is 3.77. The minimum atomic E-state index is -0.514. The molecule has 1 aliphatic rings. The summed E-state index contributed by atoms with van der Waals surface area (Å²) < 4.78 is 0. The molecule has 0 bridgehead atoms. The van der Waals surface area contributed by atoms with Crippen LogP contribution >= 0.6 is 23.2 Å².